The van der Waals surface area contributed by atoms with Crippen molar-refractivity contribution < 1.29 is 14.3 Å². The number of aryl methyl sites for hydroxylation is 1. The molecular weight excluding hydrogens is 427 g/mol. The minimum Gasteiger partial charge on any atom is -0.378 e. The third kappa shape index (κ3) is 4.10. The zero-order valence-electron chi connectivity index (χ0n) is 17.9. The average molecular weight is 450 g/mol. The van der Waals surface area contributed by atoms with Crippen molar-refractivity contribution in [3.05, 3.63) is 65.7 Å². The van der Waals surface area contributed by atoms with Gasteiger partial charge in [0.15, 0.2) is 17.7 Å². The highest BCUT2D eigenvalue weighted by molar-refractivity contribution is 5.82. The number of fused-ring (bicyclic) bond motifs is 1. The summed E-state index contributed by atoms with van der Waals surface area (Å²) in [5, 5.41) is 25.3. The highest BCUT2D eigenvalue weighted by Crippen LogP contribution is 2.24. The summed E-state index contributed by atoms with van der Waals surface area (Å²) < 4.78 is 15.7. The number of hydrogen-bond acceptors (Lipinski definition) is 7. The molecule has 10 nitrogen and oxygen atoms in total. The number of halogens is 1. The molecule has 33 heavy (non-hydrogen) atoms. The van der Waals surface area contributed by atoms with Crippen LogP contribution in [0.5, 0.6) is 0 Å². The lowest BCUT2D eigenvalue weighted by Gasteiger charge is -2.35. The number of aliphatic hydroxyl groups is 1. The van der Waals surface area contributed by atoms with E-state index in [1.807, 2.05) is 36.2 Å². The Balaban J connectivity index is 1.31. The maximum Gasteiger partial charge on any atom is 0.256 e. The third-order valence-electron chi connectivity index (χ3n) is 5.64. The molecule has 11 heteroatoms. The van der Waals surface area contributed by atoms with Gasteiger partial charge in [-0.25, -0.2) is 8.91 Å². The molecule has 1 atom stereocenters. The molecule has 4 heterocycles. The topological polar surface area (TPSA) is 115 Å². The molecule has 0 spiro atoms. The number of carbonyl (C=O) groups is 1. The molecule has 4 aromatic rings. The lowest BCUT2D eigenvalue weighted by atomic mass is 10.1. The SMILES string of the molecule is Cc1cc(Nc2nc(N3CCN(C(=O)C(O)c4ccccc4F)CC3)nn3cccc23)n[nH]1. The van der Waals surface area contributed by atoms with Crippen LogP contribution in [0.4, 0.5) is 22.0 Å². The number of carbonyl (C=O) groups excluding carboxylic acids is 1. The van der Waals surface area contributed by atoms with E-state index in [0.717, 1.165) is 11.2 Å². The van der Waals surface area contributed by atoms with Gasteiger partial charge in [0.1, 0.15) is 11.3 Å². The van der Waals surface area contributed by atoms with E-state index in [1.54, 1.807) is 10.6 Å². The Bertz CT molecular complexity index is 1290. The highest BCUT2D eigenvalue weighted by Gasteiger charge is 2.29. The fraction of sp³-hybridized carbons (Fsp3) is 0.273. The number of aromatic nitrogens is 5. The Morgan fingerprint density at radius 1 is 1.18 bits per heavy atom. The Labute approximate surface area is 188 Å². The van der Waals surface area contributed by atoms with Gasteiger partial charge in [-0.2, -0.15) is 10.1 Å². The van der Waals surface area contributed by atoms with E-state index < -0.39 is 17.8 Å². The van der Waals surface area contributed by atoms with Crippen molar-refractivity contribution in [2.24, 2.45) is 0 Å². The number of benzene rings is 1. The number of aliphatic hydroxyl groups excluding tert-OH is 1. The fourth-order valence-corrected chi connectivity index (χ4v) is 3.88. The number of H-pyrrole nitrogens is 1. The lowest BCUT2D eigenvalue weighted by molar-refractivity contribution is -0.141. The maximum atomic E-state index is 14.0. The van der Waals surface area contributed by atoms with Crippen LogP contribution < -0.4 is 10.2 Å². The summed E-state index contributed by atoms with van der Waals surface area (Å²) in [7, 11) is 0. The van der Waals surface area contributed by atoms with E-state index >= 15 is 0 Å². The molecule has 1 aliphatic heterocycles. The second kappa shape index (κ2) is 8.51. The number of hydrogen-bond donors (Lipinski definition) is 3. The van der Waals surface area contributed by atoms with Crippen LogP contribution in [0.3, 0.4) is 0 Å². The normalized spacial score (nSPS) is 15.1. The van der Waals surface area contributed by atoms with Gasteiger partial charge in [-0.05, 0) is 25.1 Å². The quantitative estimate of drug-likeness (QED) is 0.426. The molecule has 0 radical (unpaired) electrons. The lowest BCUT2D eigenvalue weighted by Crippen LogP contribution is -2.50. The van der Waals surface area contributed by atoms with Crippen molar-refractivity contribution in [3.63, 3.8) is 0 Å². The minimum atomic E-state index is -1.53. The van der Waals surface area contributed by atoms with Gasteiger partial charge in [0.2, 0.25) is 5.95 Å². The third-order valence-corrected chi connectivity index (χ3v) is 5.64. The van der Waals surface area contributed by atoms with E-state index in [2.05, 4.69) is 20.6 Å². The van der Waals surface area contributed by atoms with Gasteiger partial charge in [0.05, 0.1) is 0 Å². The van der Waals surface area contributed by atoms with Crippen molar-refractivity contribution in [1.29, 1.82) is 0 Å². The first-order chi connectivity index (χ1) is 16.0. The molecule has 1 fully saturated rings. The van der Waals surface area contributed by atoms with Crippen LogP contribution in [0, 0.1) is 12.7 Å². The van der Waals surface area contributed by atoms with Gasteiger partial charge >= 0.3 is 0 Å². The van der Waals surface area contributed by atoms with Crippen molar-refractivity contribution in [1.82, 2.24) is 29.7 Å². The van der Waals surface area contributed by atoms with Crippen LogP contribution >= 0.6 is 0 Å². The van der Waals surface area contributed by atoms with Crippen LogP contribution in [-0.4, -0.2) is 66.9 Å². The molecule has 3 N–H and O–H groups in total. The molecule has 170 valence electrons. The number of nitrogens with zero attached hydrogens (tertiary/aromatic N) is 6. The summed E-state index contributed by atoms with van der Waals surface area (Å²) >= 11 is 0. The molecule has 1 unspecified atom stereocenters. The number of nitrogens with one attached hydrogen (secondary N) is 2. The summed E-state index contributed by atoms with van der Waals surface area (Å²) in [4.78, 5) is 20.9. The first-order valence-corrected chi connectivity index (χ1v) is 10.6. The van der Waals surface area contributed by atoms with E-state index in [-0.39, 0.29) is 5.56 Å². The fourth-order valence-electron chi connectivity index (χ4n) is 3.88. The largest absolute Gasteiger partial charge is 0.378 e. The minimum absolute atomic E-state index is 0.0179. The molecule has 1 aliphatic rings. The molecule has 3 aromatic heterocycles. The Kier molecular flexibility index (Phi) is 5.38. The second-order valence-corrected chi connectivity index (χ2v) is 7.90. The zero-order valence-corrected chi connectivity index (χ0v) is 17.9. The Morgan fingerprint density at radius 3 is 2.70 bits per heavy atom. The van der Waals surface area contributed by atoms with Crippen molar-refractivity contribution in [2.45, 2.75) is 13.0 Å². The second-order valence-electron chi connectivity index (χ2n) is 7.90. The van der Waals surface area contributed by atoms with Crippen LogP contribution in [0.2, 0.25) is 0 Å². The average Bonchev–Trinajstić information content (AvgIpc) is 3.47. The summed E-state index contributed by atoms with van der Waals surface area (Å²) in [6.07, 6.45) is 0.310. The Morgan fingerprint density at radius 2 is 1.97 bits per heavy atom. The van der Waals surface area contributed by atoms with Gasteiger partial charge in [-0.1, -0.05) is 18.2 Å². The van der Waals surface area contributed by atoms with E-state index in [0.29, 0.717) is 43.8 Å². The zero-order chi connectivity index (χ0) is 22.9. The summed E-state index contributed by atoms with van der Waals surface area (Å²) in [5.41, 5.74) is 1.72. The van der Waals surface area contributed by atoms with Gasteiger partial charge in [0.25, 0.3) is 5.91 Å². The summed E-state index contributed by atoms with van der Waals surface area (Å²) in [6.45, 7) is 3.59. The smallest absolute Gasteiger partial charge is 0.256 e. The molecule has 0 saturated carbocycles. The first kappa shape index (κ1) is 20.9. The predicted octanol–water partition coefficient (Wildman–Crippen LogP) is 2.03. The highest BCUT2D eigenvalue weighted by atomic mass is 19.1. The Hall–Kier alpha value is -3.99. The monoisotopic (exact) mass is 450 g/mol. The number of anilines is 3. The number of aromatic amines is 1. The van der Waals surface area contributed by atoms with E-state index in [1.165, 1.54) is 23.1 Å². The van der Waals surface area contributed by atoms with E-state index in [9.17, 15) is 14.3 Å². The maximum absolute atomic E-state index is 14.0. The summed E-state index contributed by atoms with van der Waals surface area (Å²) in [6, 6.07) is 11.4. The number of amides is 1. The van der Waals surface area contributed by atoms with Gasteiger partial charge in [-0.3, -0.25) is 9.89 Å². The van der Waals surface area contributed by atoms with Crippen molar-refractivity contribution in [2.75, 3.05) is 36.4 Å². The van der Waals surface area contributed by atoms with Gasteiger partial charge < -0.3 is 20.2 Å². The molecule has 1 saturated heterocycles. The first-order valence-electron chi connectivity index (χ1n) is 10.6. The van der Waals surface area contributed by atoms with Gasteiger partial charge in [-0.15, -0.1) is 5.10 Å². The van der Waals surface area contributed by atoms with Gasteiger partial charge in [0, 0.05) is 49.7 Å². The standard InChI is InChI=1S/C22H23FN8O2/c1-14-13-18(27-26-14)24-20-17-7-4-8-31(17)28-22(25-20)30-11-9-29(10-12-30)21(33)19(32)15-5-2-3-6-16(15)23/h2-8,13,19,32H,9-12H2,1H3,(H2,24,25,26,27,28). The molecule has 5 rings (SSSR count). The molecule has 1 aromatic carbocycles. The van der Waals surface area contributed by atoms with Crippen LogP contribution in [0.1, 0.15) is 17.4 Å². The van der Waals surface area contributed by atoms with Crippen molar-refractivity contribution >= 4 is 29.0 Å². The number of rotatable bonds is 5. The van der Waals surface area contributed by atoms with Crippen molar-refractivity contribution in [3.8, 4) is 0 Å². The van der Waals surface area contributed by atoms with Crippen LogP contribution in [-0.2, 0) is 4.79 Å². The predicted molar refractivity (Wildman–Crippen MR) is 120 cm³/mol. The summed E-state index contributed by atoms with van der Waals surface area (Å²) in [5.74, 6) is 0.660. The molecule has 0 aliphatic carbocycles. The van der Waals surface area contributed by atoms with Crippen LogP contribution in [0.15, 0.2) is 48.7 Å². The molecular formula is C22H23FN8O2. The van der Waals surface area contributed by atoms with Crippen LogP contribution in [0.25, 0.3) is 5.52 Å². The van der Waals surface area contributed by atoms with E-state index in [4.69, 9.17) is 4.98 Å². The molecule has 0 bridgehead atoms. The number of piperazine rings is 1. The molecule has 1 amide bonds.